The van der Waals surface area contributed by atoms with Crippen LogP contribution in [0.2, 0.25) is 5.02 Å². The van der Waals surface area contributed by atoms with Crippen LogP contribution in [0.4, 0.5) is 0 Å². The number of aryl methyl sites for hydroxylation is 1. The summed E-state index contributed by atoms with van der Waals surface area (Å²) < 4.78 is 0. The Kier molecular flexibility index (Phi) is 5.45. The van der Waals surface area contributed by atoms with E-state index in [9.17, 15) is 4.79 Å². The molecule has 2 aromatic carbocycles. The van der Waals surface area contributed by atoms with E-state index in [0.717, 1.165) is 36.3 Å². The zero-order valence-electron chi connectivity index (χ0n) is 16.5. The van der Waals surface area contributed by atoms with Gasteiger partial charge in [0, 0.05) is 34.6 Å². The molecule has 3 aromatic rings. The highest BCUT2D eigenvalue weighted by Gasteiger charge is 2.33. The average molecular weight is 395 g/mol. The SMILES string of the molecule is CC(C)C[C@@H]1c2[nH]c3ccc(Cl)cc3c2CCN1C(=O)CCc1ccccc1. The van der Waals surface area contributed by atoms with Gasteiger partial charge in [-0.3, -0.25) is 4.79 Å². The zero-order valence-corrected chi connectivity index (χ0v) is 17.3. The van der Waals surface area contributed by atoms with Crippen molar-refractivity contribution in [2.45, 2.75) is 45.6 Å². The molecule has 4 rings (SSSR count). The lowest BCUT2D eigenvalue weighted by Crippen LogP contribution is -2.40. The van der Waals surface area contributed by atoms with E-state index in [4.69, 9.17) is 11.6 Å². The molecule has 1 atom stereocenters. The summed E-state index contributed by atoms with van der Waals surface area (Å²) in [5, 5.41) is 1.96. The highest BCUT2D eigenvalue weighted by molar-refractivity contribution is 6.31. The molecular formula is C24H27ClN2O. The summed E-state index contributed by atoms with van der Waals surface area (Å²) in [5.74, 6) is 0.757. The molecule has 0 aliphatic carbocycles. The van der Waals surface area contributed by atoms with Crippen LogP contribution in [0.25, 0.3) is 10.9 Å². The highest BCUT2D eigenvalue weighted by Crippen LogP contribution is 2.38. The summed E-state index contributed by atoms with van der Waals surface area (Å²) >= 11 is 6.24. The second kappa shape index (κ2) is 8.00. The number of benzene rings is 2. The Balaban J connectivity index is 1.61. The third-order valence-electron chi connectivity index (χ3n) is 5.70. The summed E-state index contributed by atoms with van der Waals surface area (Å²) in [7, 11) is 0. The van der Waals surface area contributed by atoms with Crippen LogP contribution in [-0.4, -0.2) is 22.3 Å². The molecule has 1 N–H and O–H groups in total. The van der Waals surface area contributed by atoms with Crippen molar-refractivity contribution in [2.24, 2.45) is 5.92 Å². The number of carbonyl (C=O) groups excluding carboxylic acids is 1. The Morgan fingerprint density at radius 2 is 2.00 bits per heavy atom. The topological polar surface area (TPSA) is 36.1 Å². The van der Waals surface area contributed by atoms with Gasteiger partial charge in [0.05, 0.1) is 6.04 Å². The molecule has 2 heterocycles. The lowest BCUT2D eigenvalue weighted by molar-refractivity contribution is -0.134. The molecule has 28 heavy (non-hydrogen) atoms. The molecule has 1 aliphatic rings. The van der Waals surface area contributed by atoms with Gasteiger partial charge in [0.2, 0.25) is 5.91 Å². The number of nitrogens with zero attached hydrogens (tertiary/aromatic N) is 1. The fourth-order valence-electron chi connectivity index (χ4n) is 4.37. The summed E-state index contributed by atoms with van der Waals surface area (Å²) in [4.78, 5) is 18.8. The molecule has 0 bridgehead atoms. The van der Waals surface area contributed by atoms with Crippen LogP contribution < -0.4 is 0 Å². The molecule has 0 fully saturated rings. The first-order chi connectivity index (χ1) is 13.5. The normalized spacial score (nSPS) is 16.6. The van der Waals surface area contributed by atoms with Crippen LogP contribution in [0.1, 0.15) is 49.6 Å². The number of fused-ring (bicyclic) bond motifs is 3. The van der Waals surface area contributed by atoms with Gasteiger partial charge in [0.15, 0.2) is 0 Å². The van der Waals surface area contributed by atoms with Gasteiger partial charge < -0.3 is 9.88 Å². The Labute approximate surface area is 171 Å². The maximum absolute atomic E-state index is 13.1. The zero-order chi connectivity index (χ0) is 19.7. The summed E-state index contributed by atoms with van der Waals surface area (Å²) in [6.07, 6.45) is 3.19. The molecule has 4 heteroatoms. The minimum atomic E-state index is 0.109. The van der Waals surface area contributed by atoms with Crippen molar-refractivity contribution >= 4 is 28.4 Å². The van der Waals surface area contributed by atoms with Crippen LogP contribution >= 0.6 is 11.6 Å². The molecule has 0 saturated carbocycles. The van der Waals surface area contributed by atoms with E-state index >= 15 is 0 Å². The van der Waals surface area contributed by atoms with Crippen molar-refractivity contribution < 1.29 is 4.79 Å². The molecule has 1 aliphatic heterocycles. The summed E-state index contributed by atoms with van der Waals surface area (Å²) in [6, 6.07) is 16.4. The van der Waals surface area contributed by atoms with Crippen molar-refractivity contribution in [2.75, 3.05) is 6.54 Å². The van der Waals surface area contributed by atoms with Crippen LogP contribution in [0, 0.1) is 5.92 Å². The van der Waals surface area contributed by atoms with Crippen molar-refractivity contribution in [3.8, 4) is 0 Å². The van der Waals surface area contributed by atoms with Crippen molar-refractivity contribution in [1.82, 2.24) is 9.88 Å². The number of nitrogens with one attached hydrogen (secondary N) is 1. The minimum absolute atomic E-state index is 0.109. The number of hydrogen-bond donors (Lipinski definition) is 1. The van der Waals surface area contributed by atoms with Gasteiger partial charge >= 0.3 is 0 Å². The lowest BCUT2D eigenvalue weighted by Gasteiger charge is -2.37. The molecule has 0 unspecified atom stereocenters. The van der Waals surface area contributed by atoms with Crippen molar-refractivity contribution in [1.29, 1.82) is 0 Å². The van der Waals surface area contributed by atoms with Crippen molar-refractivity contribution in [3.63, 3.8) is 0 Å². The second-order valence-electron chi connectivity index (χ2n) is 8.18. The lowest BCUT2D eigenvalue weighted by atomic mass is 9.91. The molecule has 0 radical (unpaired) electrons. The van der Waals surface area contributed by atoms with Gasteiger partial charge in [-0.25, -0.2) is 0 Å². The highest BCUT2D eigenvalue weighted by atomic mass is 35.5. The van der Waals surface area contributed by atoms with E-state index in [1.54, 1.807) is 0 Å². The Bertz CT molecular complexity index is 977. The largest absolute Gasteiger partial charge is 0.356 e. The molecule has 1 aromatic heterocycles. The number of carbonyl (C=O) groups is 1. The maximum Gasteiger partial charge on any atom is 0.223 e. The number of rotatable bonds is 5. The number of aromatic nitrogens is 1. The van der Waals surface area contributed by atoms with Crippen LogP contribution in [-0.2, 0) is 17.6 Å². The van der Waals surface area contributed by atoms with Gasteiger partial charge in [-0.05, 0) is 54.5 Å². The van der Waals surface area contributed by atoms with E-state index in [-0.39, 0.29) is 11.9 Å². The summed E-state index contributed by atoms with van der Waals surface area (Å²) in [6.45, 7) is 5.22. The average Bonchev–Trinajstić information content (AvgIpc) is 3.05. The molecule has 0 spiro atoms. The fourth-order valence-corrected chi connectivity index (χ4v) is 4.54. The van der Waals surface area contributed by atoms with E-state index in [0.29, 0.717) is 12.3 Å². The minimum Gasteiger partial charge on any atom is -0.356 e. The van der Waals surface area contributed by atoms with E-state index in [2.05, 4.69) is 35.9 Å². The van der Waals surface area contributed by atoms with Gasteiger partial charge in [-0.1, -0.05) is 55.8 Å². The van der Waals surface area contributed by atoms with Gasteiger partial charge in [0.1, 0.15) is 0 Å². The molecule has 1 amide bonds. The predicted octanol–water partition coefficient (Wildman–Crippen LogP) is 5.93. The van der Waals surface area contributed by atoms with E-state index in [1.807, 2.05) is 36.4 Å². The first-order valence-electron chi connectivity index (χ1n) is 10.2. The van der Waals surface area contributed by atoms with Gasteiger partial charge in [-0.15, -0.1) is 0 Å². The second-order valence-corrected chi connectivity index (χ2v) is 8.61. The van der Waals surface area contributed by atoms with E-state index < -0.39 is 0 Å². The van der Waals surface area contributed by atoms with Crippen LogP contribution in [0.15, 0.2) is 48.5 Å². The Morgan fingerprint density at radius 3 is 2.75 bits per heavy atom. The molecule has 3 nitrogen and oxygen atoms in total. The number of amides is 1. The molecular weight excluding hydrogens is 368 g/mol. The van der Waals surface area contributed by atoms with Crippen LogP contribution in [0.5, 0.6) is 0 Å². The van der Waals surface area contributed by atoms with Gasteiger partial charge in [-0.2, -0.15) is 0 Å². The van der Waals surface area contributed by atoms with Crippen molar-refractivity contribution in [3.05, 3.63) is 70.4 Å². The third-order valence-corrected chi connectivity index (χ3v) is 5.93. The van der Waals surface area contributed by atoms with Gasteiger partial charge in [0.25, 0.3) is 0 Å². The monoisotopic (exact) mass is 394 g/mol. The summed E-state index contributed by atoms with van der Waals surface area (Å²) in [5.41, 5.74) is 4.86. The molecule has 146 valence electrons. The molecule has 0 saturated heterocycles. The predicted molar refractivity (Wildman–Crippen MR) is 116 cm³/mol. The number of H-pyrrole nitrogens is 1. The van der Waals surface area contributed by atoms with E-state index in [1.165, 1.54) is 22.2 Å². The number of aromatic amines is 1. The third kappa shape index (κ3) is 3.81. The fraction of sp³-hybridized carbons (Fsp3) is 0.375. The quantitative estimate of drug-likeness (QED) is 0.572. The smallest absolute Gasteiger partial charge is 0.223 e. The first-order valence-corrected chi connectivity index (χ1v) is 10.5. The number of hydrogen-bond acceptors (Lipinski definition) is 1. The Hall–Kier alpha value is -2.26. The standard InChI is InChI=1S/C24H27ClN2O/c1-16(2)14-22-24-19(20-15-18(25)9-10-21(20)26-24)12-13-27(22)23(28)11-8-17-6-4-3-5-7-17/h3-7,9-10,15-16,22,26H,8,11-14H2,1-2H3/t22-/m1/s1. The van der Waals surface area contributed by atoms with Crippen LogP contribution in [0.3, 0.4) is 0 Å². The number of halogens is 1. The maximum atomic E-state index is 13.1. The first kappa shape index (κ1) is 19.1. The Morgan fingerprint density at radius 1 is 1.21 bits per heavy atom.